The number of unbranched alkanes of at least 4 members (excludes halogenated alkanes) is 11. The minimum absolute atomic E-state index is 0. The molecule has 12 aliphatic carbocycles. The Hall–Kier alpha value is 1.26. The maximum absolute atomic E-state index is 5.80. The molecule has 0 N–H and O–H groups in total. The first-order valence-corrected chi connectivity index (χ1v) is 59.5. The van der Waals surface area contributed by atoms with Gasteiger partial charge in [0.1, 0.15) is 0 Å². The van der Waals surface area contributed by atoms with Crippen LogP contribution in [0.4, 0.5) is 0 Å². The summed E-state index contributed by atoms with van der Waals surface area (Å²) in [6.07, 6.45) is 89.9. The topological polar surface area (TPSA) is 46.2 Å². The minimum atomic E-state index is -0.826. The second kappa shape index (κ2) is 67.4. The monoisotopic (exact) mass is 1790 g/mol. The third kappa shape index (κ3) is 53.4. The van der Waals surface area contributed by atoms with Crippen molar-refractivity contribution in [2.45, 2.75) is 558 Å². The molecule has 12 rings (SSSR count). The van der Waals surface area contributed by atoms with E-state index in [0.29, 0.717) is 0 Å². The molecule has 0 bridgehead atoms. The molecule has 12 saturated carbocycles. The molecule has 0 heterocycles. The van der Waals surface area contributed by atoms with E-state index in [4.69, 9.17) is 40.7 Å². The van der Waals surface area contributed by atoms with Gasteiger partial charge in [0.15, 0.2) is 0 Å². The predicted molar refractivity (Wildman–Crippen MR) is 526 cm³/mol. The predicted octanol–water partition coefficient (Wildman–Crippen LogP) is 37.4. The van der Waals surface area contributed by atoms with Crippen LogP contribution in [0.15, 0.2) is 0 Å². The Morgan fingerprint density at radius 1 is 0.210 bits per heavy atom. The summed E-state index contributed by atoms with van der Waals surface area (Å²) in [5.74, 6) is 19.9. The molecule has 0 saturated heterocycles. The molecule has 8 heteroatoms. The van der Waals surface area contributed by atoms with Gasteiger partial charge in [-0.05, 0) is 358 Å². The molecule has 18 atom stereocenters. The van der Waals surface area contributed by atoms with Gasteiger partial charge in [0.05, 0.1) is 28.0 Å². The molecular weight excluding hydrogens is 1580 g/mol. The van der Waals surface area contributed by atoms with E-state index in [-0.39, 0.29) is 42.9 Å². The Kier molecular flexibility index (Phi) is 65.9. The average molecular weight is 1790 g/mol. The Morgan fingerprint density at radius 2 is 0.353 bits per heavy atom. The van der Waals surface area contributed by atoms with Crippen LogP contribution >= 0.6 is 17.0 Å². The van der Waals surface area contributed by atoms with Crippen molar-refractivity contribution in [3.8, 4) is 0 Å². The summed E-state index contributed by atoms with van der Waals surface area (Å²) in [7, 11) is 9.87. The fourth-order valence-corrected chi connectivity index (χ4v) is 25.1. The van der Waals surface area contributed by atoms with Crippen LogP contribution in [0, 0.1) is 121 Å². The van der Waals surface area contributed by atoms with Gasteiger partial charge in [0, 0.05) is 33.0 Å². The molecule has 5 nitrogen and oxygen atoms in total. The van der Waals surface area contributed by atoms with Crippen molar-refractivity contribution in [1.82, 2.24) is 0 Å². The van der Waals surface area contributed by atoms with Gasteiger partial charge in [-0.15, -0.1) is 0 Å². The molecule has 0 aromatic rings. The van der Waals surface area contributed by atoms with E-state index in [1.54, 1.807) is 83.5 Å². The van der Waals surface area contributed by atoms with E-state index >= 15 is 0 Å². The summed E-state index contributed by atoms with van der Waals surface area (Å²) in [6.45, 7) is 47.8. The van der Waals surface area contributed by atoms with Crippen LogP contribution in [-0.2, 0) is 44.5 Å². The molecule has 708 valence electrons. The molecule has 18 unspecified atom stereocenters. The summed E-state index contributed by atoms with van der Waals surface area (Å²) in [6, 6.07) is 0. The van der Waals surface area contributed by atoms with Crippen LogP contribution in [0.3, 0.4) is 0 Å². The van der Waals surface area contributed by atoms with Crippen LogP contribution in [0.2, 0.25) is 0 Å². The Morgan fingerprint density at radius 3 is 0.521 bits per heavy atom. The van der Waals surface area contributed by atoms with Gasteiger partial charge in [-0.3, -0.25) is 0 Å². The summed E-state index contributed by atoms with van der Waals surface area (Å²) in [5.41, 5.74) is 0.213. The fourth-order valence-electron chi connectivity index (χ4n) is 25.1. The zero-order valence-electron chi connectivity index (χ0n) is 84.9. The molecule has 0 aromatic heterocycles. The van der Waals surface area contributed by atoms with Gasteiger partial charge < -0.3 is 38.5 Å². The van der Waals surface area contributed by atoms with Gasteiger partial charge in [-0.2, -0.15) is 0 Å². The van der Waals surface area contributed by atoms with Gasteiger partial charge >= 0.3 is 37.9 Å². The van der Waals surface area contributed by atoms with Crippen molar-refractivity contribution in [2.75, 3.05) is 33.0 Å². The third-order valence-electron chi connectivity index (χ3n) is 30.6. The number of hydrogen-bond donors (Lipinski definition) is 0. The van der Waals surface area contributed by atoms with Crippen LogP contribution in [-0.4, -0.2) is 61.0 Å². The molecule has 0 spiro atoms. The average Bonchev–Trinajstić information content (AvgIpc) is 1.74. The van der Waals surface area contributed by atoms with Gasteiger partial charge in [-0.1, -0.05) is 279 Å². The van der Waals surface area contributed by atoms with Crippen molar-refractivity contribution in [3.05, 3.63) is 14.9 Å². The number of hydrogen-bond acceptors (Lipinski definition) is 5. The molecule has 0 aromatic carbocycles. The van der Waals surface area contributed by atoms with E-state index in [1.165, 1.54) is 308 Å². The summed E-state index contributed by atoms with van der Waals surface area (Å²) < 4.78 is 29.0. The number of fused-ring (bicyclic) bond motifs is 6. The normalized spacial score (nSPS) is 29.7. The van der Waals surface area contributed by atoms with Crippen molar-refractivity contribution >= 4 is 17.0 Å². The van der Waals surface area contributed by atoms with Gasteiger partial charge in [0.25, 0.3) is 0 Å². The van der Waals surface area contributed by atoms with E-state index in [9.17, 15) is 0 Å². The number of halogens is 2. The quantitative estimate of drug-likeness (QED) is 0.0484. The second-order valence-corrected chi connectivity index (χ2v) is 49.7. The number of rotatable bonds is 33. The van der Waals surface area contributed by atoms with Crippen molar-refractivity contribution < 1.29 is 44.5 Å². The summed E-state index contributed by atoms with van der Waals surface area (Å²) in [5, 5.41) is 0. The van der Waals surface area contributed by atoms with Crippen LogP contribution < -0.4 is 0 Å². The SMILES string of the molecule is CC(C)(C)OCCCCC1CCC2CCCCC12.CC(C)(C)OCCCCC1CCC2CCCCC12.CC(C)(C)OCCCCC1CCC2CCCCC12.CC(C)(C)OCCCCCCC1CCC2CCCCC12.CC(C)(C)OCCCCCCC1CCC2CCCCC12.CCC.CCC.CCCCCC1CCC2CCCCC12.[CH3-].[CH3-].[Cl][Zr+2][Cl]. The molecule has 0 aliphatic heterocycles. The summed E-state index contributed by atoms with van der Waals surface area (Å²) >= 11 is -0.826. The van der Waals surface area contributed by atoms with E-state index in [2.05, 4.69) is 138 Å². The maximum atomic E-state index is 5.80. The Bertz CT molecular complexity index is 2090. The fraction of sp³-hybridized carbons (Fsp3) is 0.982. The van der Waals surface area contributed by atoms with Crippen LogP contribution in [0.5, 0.6) is 0 Å². The second-order valence-electron chi connectivity index (χ2n) is 46.0. The van der Waals surface area contributed by atoms with Crippen LogP contribution in [0.1, 0.15) is 530 Å². The van der Waals surface area contributed by atoms with E-state index in [1.807, 2.05) is 0 Å². The standard InChI is InChI=1S/2C19H36O.3C17H32O.C14H26.2C3H8.2CH3.2ClH.Zr/c2*1-19(2,3)20-15-9-5-4-6-10-16-13-14-17-11-7-8-12-18(16)17;3*1-17(2,3)18-13-7-6-9-15-12-11-14-8-4-5-10-16(14)15;1-2-3-4-7-12-10-11-13-8-5-6-9-14(12)13;2*1-3-2;;;;;/h2*16-18H,4-15H2,1-3H3;3*14-16H,4-13H2,1-3H3;12-14H,2-11H2,1H3;2*3H2,1-2H3;2*1H3;2*1H;/q;;;;;;;;2*-1;;;+4/p-2. The zero-order valence-corrected chi connectivity index (χ0v) is 88.8. The third-order valence-corrected chi connectivity index (χ3v) is 30.6. The Balaban J connectivity index is 0.000000473. The molecule has 119 heavy (non-hydrogen) atoms. The van der Waals surface area contributed by atoms with E-state index in [0.717, 1.165) is 140 Å². The molecule has 0 radical (unpaired) electrons. The first-order chi connectivity index (χ1) is 56.0. The van der Waals surface area contributed by atoms with Gasteiger partial charge in [0.2, 0.25) is 0 Å². The first-order valence-electron chi connectivity index (χ1n) is 53.1. The molecule has 12 aliphatic rings. The molecular formula is C111H216Cl2O5Zr. The van der Waals surface area contributed by atoms with Gasteiger partial charge in [-0.25, -0.2) is 0 Å². The van der Waals surface area contributed by atoms with Crippen molar-refractivity contribution in [3.63, 3.8) is 0 Å². The summed E-state index contributed by atoms with van der Waals surface area (Å²) in [4.78, 5) is 0. The molecule has 12 fully saturated rings. The van der Waals surface area contributed by atoms with Crippen molar-refractivity contribution in [2.24, 2.45) is 107 Å². The first kappa shape index (κ1) is 116. The Labute approximate surface area is 768 Å². The molecule has 0 amide bonds. The van der Waals surface area contributed by atoms with Crippen LogP contribution in [0.25, 0.3) is 0 Å². The zero-order chi connectivity index (χ0) is 85.8. The van der Waals surface area contributed by atoms with E-state index < -0.39 is 20.8 Å². The van der Waals surface area contributed by atoms with Crippen molar-refractivity contribution in [1.29, 1.82) is 0 Å². The number of ether oxygens (including phenoxy) is 5.